The van der Waals surface area contributed by atoms with Crippen LogP contribution in [0.15, 0.2) is 51.6 Å². The Labute approximate surface area is 282 Å². The number of amides is 1. The monoisotopic (exact) mass is 707 g/mol. The molecule has 1 amide bonds. The highest BCUT2D eigenvalue weighted by Gasteiger charge is 2.41. The second kappa shape index (κ2) is 12.5. The molecule has 3 aromatic heterocycles. The average Bonchev–Trinajstić information content (AvgIpc) is 3.31. The highest BCUT2D eigenvalue weighted by molar-refractivity contribution is 7.99. The van der Waals surface area contributed by atoms with Crippen LogP contribution in [-0.4, -0.2) is 68.2 Å². The van der Waals surface area contributed by atoms with Crippen molar-refractivity contribution in [2.75, 3.05) is 23.7 Å². The number of thiophene rings is 1. The van der Waals surface area contributed by atoms with E-state index in [-0.39, 0.29) is 54.2 Å². The summed E-state index contributed by atoms with van der Waals surface area (Å²) >= 11 is 8.52. The molecule has 5 heterocycles. The number of benzene rings is 1. The van der Waals surface area contributed by atoms with Gasteiger partial charge in [-0.3, -0.25) is 9.47 Å². The second-order valence-electron chi connectivity index (χ2n) is 12.7. The normalized spacial score (nSPS) is 20.3. The molecule has 0 unspecified atom stereocenters. The molecule has 15 heteroatoms. The first kappa shape index (κ1) is 33.4. The summed E-state index contributed by atoms with van der Waals surface area (Å²) in [6, 6.07) is 7.02. The molecule has 2 aliphatic rings. The number of aromatic nitrogens is 3. The van der Waals surface area contributed by atoms with Gasteiger partial charge in [-0.25, -0.2) is 14.6 Å². The van der Waals surface area contributed by atoms with Crippen LogP contribution in [0, 0.1) is 0 Å². The van der Waals surface area contributed by atoms with E-state index in [9.17, 15) is 22.8 Å². The zero-order chi connectivity index (χ0) is 33.8. The number of alkyl halides is 3. The van der Waals surface area contributed by atoms with Gasteiger partial charge >= 0.3 is 18.0 Å². The number of hydrogen-bond donors (Lipinski definition) is 0. The molecule has 1 saturated heterocycles. The highest BCUT2D eigenvalue weighted by atomic mass is 35.5. The zero-order valence-corrected chi connectivity index (χ0v) is 28.7. The Morgan fingerprint density at radius 2 is 1.81 bits per heavy atom. The Kier molecular flexibility index (Phi) is 8.90. The van der Waals surface area contributed by atoms with Crippen LogP contribution >= 0.6 is 34.7 Å². The van der Waals surface area contributed by atoms with Gasteiger partial charge in [0.1, 0.15) is 17.5 Å². The number of rotatable bonds is 4. The summed E-state index contributed by atoms with van der Waals surface area (Å²) in [6.45, 7) is 9.54. The molecular weight excluding hydrogens is 675 g/mol. The SMILES string of the molecule is C[C@@H]1CN(c2nc(=O)n3c4c(c(-c5cc(Cl)cs5)c(C(F)(F)F)cc24)SC[C@@H](Oc2ccccn2)C3)C[C@H](C)N1C(=O)OC(C)(C)C. The number of pyridine rings is 1. The molecule has 1 fully saturated rings. The van der Waals surface area contributed by atoms with Gasteiger partial charge in [-0.15, -0.1) is 23.1 Å². The van der Waals surface area contributed by atoms with E-state index in [1.54, 1.807) is 60.3 Å². The molecule has 250 valence electrons. The molecule has 0 N–H and O–H groups in total. The van der Waals surface area contributed by atoms with Crippen LogP contribution in [0.3, 0.4) is 0 Å². The maximum Gasteiger partial charge on any atom is 0.417 e. The minimum atomic E-state index is -4.73. The predicted molar refractivity (Wildman–Crippen MR) is 178 cm³/mol. The fraction of sp³-hybridized carbons (Fsp3) is 0.438. The van der Waals surface area contributed by atoms with Crippen LogP contribution in [0.2, 0.25) is 5.02 Å². The highest BCUT2D eigenvalue weighted by Crippen LogP contribution is 2.50. The fourth-order valence-electron chi connectivity index (χ4n) is 6.12. The summed E-state index contributed by atoms with van der Waals surface area (Å²) in [5.74, 6) is 0.721. The summed E-state index contributed by atoms with van der Waals surface area (Å²) in [5.41, 5.74) is -1.85. The van der Waals surface area contributed by atoms with E-state index in [2.05, 4.69) is 9.97 Å². The summed E-state index contributed by atoms with van der Waals surface area (Å²) in [5, 5.41) is 2.09. The van der Waals surface area contributed by atoms with Gasteiger partial charge in [-0.1, -0.05) is 17.7 Å². The molecule has 0 radical (unpaired) electrons. The number of carbonyl (C=O) groups is 1. The number of ether oxygens (including phenoxy) is 2. The van der Waals surface area contributed by atoms with Crippen LogP contribution in [0.1, 0.15) is 40.2 Å². The molecule has 0 bridgehead atoms. The number of nitrogens with zero attached hydrogens (tertiary/aromatic N) is 5. The Morgan fingerprint density at radius 3 is 2.40 bits per heavy atom. The zero-order valence-electron chi connectivity index (χ0n) is 26.3. The average molecular weight is 708 g/mol. The third-order valence-electron chi connectivity index (χ3n) is 7.87. The number of anilines is 1. The van der Waals surface area contributed by atoms with Crippen LogP contribution in [-0.2, 0) is 17.5 Å². The second-order valence-corrected chi connectivity index (χ2v) is 15.1. The summed E-state index contributed by atoms with van der Waals surface area (Å²) in [7, 11) is 0. The maximum atomic E-state index is 15.0. The van der Waals surface area contributed by atoms with Crippen molar-refractivity contribution in [2.24, 2.45) is 0 Å². The molecule has 1 aromatic carbocycles. The van der Waals surface area contributed by atoms with Crippen molar-refractivity contribution in [2.45, 2.75) is 76.0 Å². The largest absolute Gasteiger partial charge is 0.472 e. The standard InChI is InChI=1S/C32H33ClF3N5O4S2/c1-17-12-39(13-18(2)41(17)30(43)45-31(3,4)5)28-21-11-22(32(34,35)36)25(23-10-19(33)15-46-23)27-26(21)40(29(42)38-28)14-20(16-47-27)44-24-8-6-7-9-37-24/h6-11,15,17-18,20H,12-14,16H2,1-5H3/t17-,18+,20-/m0/s1. The Balaban J connectivity index is 1.52. The van der Waals surface area contributed by atoms with E-state index in [1.807, 2.05) is 13.8 Å². The van der Waals surface area contributed by atoms with E-state index in [4.69, 9.17) is 21.1 Å². The van der Waals surface area contributed by atoms with Crippen molar-refractivity contribution in [3.05, 3.63) is 63.0 Å². The molecule has 3 atom stereocenters. The number of carbonyl (C=O) groups excluding carboxylic acids is 1. The Hall–Kier alpha value is -3.49. The van der Waals surface area contributed by atoms with Gasteiger partial charge in [-0.05, 0) is 52.8 Å². The molecule has 0 spiro atoms. The van der Waals surface area contributed by atoms with Crippen LogP contribution in [0.25, 0.3) is 21.3 Å². The van der Waals surface area contributed by atoms with Crippen molar-refractivity contribution >= 4 is 57.5 Å². The topological polar surface area (TPSA) is 89.8 Å². The van der Waals surface area contributed by atoms with E-state index in [0.717, 1.165) is 17.4 Å². The van der Waals surface area contributed by atoms with Gasteiger partial charge in [0.2, 0.25) is 5.88 Å². The lowest BCUT2D eigenvalue weighted by atomic mass is 10.0. The van der Waals surface area contributed by atoms with Crippen molar-refractivity contribution in [1.29, 1.82) is 0 Å². The van der Waals surface area contributed by atoms with Crippen molar-refractivity contribution in [3.63, 3.8) is 0 Å². The minimum absolute atomic E-state index is 0.0350. The van der Waals surface area contributed by atoms with E-state index in [1.165, 1.54) is 22.4 Å². The van der Waals surface area contributed by atoms with Gasteiger partial charge in [-0.2, -0.15) is 18.2 Å². The summed E-state index contributed by atoms with van der Waals surface area (Å²) in [6.07, 6.45) is -4.23. The Bertz CT molecular complexity index is 1870. The first-order valence-electron chi connectivity index (χ1n) is 15.0. The Morgan fingerprint density at radius 1 is 1.09 bits per heavy atom. The molecule has 2 aliphatic heterocycles. The van der Waals surface area contributed by atoms with Crippen LogP contribution < -0.4 is 15.3 Å². The molecule has 6 rings (SSSR count). The van der Waals surface area contributed by atoms with Gasteiger partial charge in [0.25, 0.3) is 0 Å². The smallest absolute Gasteiger partial charge is 0.417 e. The quantitative estimate of drug-likeness (QED) is 0.215. The fourth-order valence-corrected chi connectivity index (χ4v) is 8.57. The number of piperazine rings is 1. The summed E-state index contributed by atoms with van der Waals surface area (Å²) < 4.78 is 58.1. The van der Waals surface area contributed by atoms with Gasteiger partial charge < -0.3 is 14.4 Å². The lowest BCUT2D eigenvalue weighted by Gasteiger charge is -2.45. The third-order valence-corrected chi connectivity index (χ3v) is 10.4. The molecule has 0 aliphatic carbocycles. The predicted octanol–water partition coefficient (Wildman–Crippen LogP) is 7.58. The number of halogens is 4. The van der Waals surface area contributed by atoms with Gasteiger partial charge in [0.05, 0.1) is 34.7 Å². The van der Waals surface area contributed by atoms with E-state index < -0.39 is 35.2 Å². The number of hydrogen-bond acceptors (Lipinski definition) is 9. The molecule has 47 heavy (non-hydrogen) atoms. The van der Waals surface area contributed by atoms with Crippen molar-refractivity contribution < 1.29 is 27.4 Å². The third kappa shape index (κ3) is 6.77. The minimum Gasteiger partial charge on any atom is -0.472 e. The number of thioether (sulfide) groups is 1. The maximum absolute atomic E-state index is 15.0. The van der Waals surface area contributed by atoms with Crippen molar-refractivity contribution in [3.8, 4) is 16.3 Å². The first-order chi connectivity index (χ1) is 22.1. The summed E-state index contributed by atoms with van der Waals surface area (Å²) in [4.78, 5) is 39.7. The van der Waals surface area contributed by atoms with Crippen molar-refractivity contribution in [1.82, 2.24) is 19.4 Å². The molecular formula is C32H33ClF3N5O4S2. The van der Waals surface area contributed by atoms with Gasteiger partial charge in [0, 0.05) is 57.2 Å². The lowest BCUT2D eigenvalue weighted by Crippen LogP contribution is -2.59. The van der Waals surface area contributed by atoms with E-state index >= 15 is 0 Å². The lowest BCUT2D eigenvalue weighted by molar-refractivity contribution is -0.137. The van der Waals surface area contributed by atoms with Gasteiger partial charge in [0.15, 0.2) is 0 Å². The first-order valence-corrected chi connectivity index (χ1v) is 17.2. The van der Waals surface area contributed by atoms with E-state index in [0.29, 0.717) is 26.2 Å². The molecule has 0 saturated carbocycles. The molecule has 4 aromatic rings. The molecule has 9 nitrogen and oxygen atoms in total. The van der Waals surface area contributed by atoms with Crippen LogP contribution in [0.4, 0.5) is 23.8 Å². The van der Waals surface area contributed by atoms with Crippen LogP contribution in [0.5, 0.6) is 5.88 Å².